The summed E-state index contributed by atoms with van der Waals surface area (Å²) in [5, 5.41) is 67.6. The number of phenolic OH excluding ortho intramolecular Hbond substituents is 1. The topological polar surface area (TPSA) is 624 Å². The van der Waals surface area contributed by atoms with Crippen molar-refractivity contribution in [1.82, 2.24) is 97.6 Å². The average Bonchev–Trinajstić information content (AvgIpc) is 1.54. The number of likely N-dealkylation sites (N-methyl/N-ethyl adjacent to an activating group) is 3. The van der Waals surface area contributed by atoms with Crippen molar-refractivity contribution in [1.29, 1.82) is 5.41 Å². The van der Waals surface area contributed by atoms with Gasteiger partial charge < -0.3 is 119 Å². The van der Waals surface area contributed by atoms with Crippen molar-refractivity contribution in [3.05, 3.63) is 120 Å². The molecule has 43 heteroatoms. The van der Waals surface area contributed by atoms with Gasteiger partial charge in [-0.1, -0.05) is 109 Å². The summed E-state index contributed by atoms with van der Waals surface area (Å²) < 4.78 is 0. The van der Waals surface area contributed by atoms with Crippen molar-refractivity contribution in [3.63, 3.8) is 0 Å². The Hall–Kier alpha value is -13.5. The van der Waals surface area contributed by atoms with Crippen LogP contribution >= 0.6 is 11.8 Å². The fraction of sp³-hybridized carbons (Fsp3) is 0.538. The summed E-state index contributed by atoms with van der Waals surface area (Å²) in [5.74, 6) is -20.0. The Bertz CT molecular complexity index is 5240. The first kappa shape index (κ1) is 106. The van der Waals surface area contributed by atoms with Gasteiger partial charge in [-0.05, 0) is 118 Å². The Morgan fingerprint density at radius 3 is 1.81 bits per heavy atom. The number of carbonyl (C=O) groups is 17. The number of aromatic nitrogens is 4. The number of aliphatic carboxylic acids is 1. The van der Waals surface area contributed by atoms with Gasteiger partial charge in [-0.3, -0.25) is 86.9 Å². The highest BCUT2D eigenvalue weighted by Gasteiger charge is 2.46. The fourth-order valence-electron chi connectivity index (χ4n) is 17.3. The van der Waals surface area contributed by atoms with Crippen LogP contribution in [-0.2, 0) is 101 Å². The van der Waals surface area contributed by atoms with E-state index in [1.807, 2.05) is 26.0 Å². The maximum atomic E-state index is 16.0. The number of unbranched alkanes of at least 4 members (excludes halogenated alkanes) is 2. The van der Waals surface area contributed by atoms with E-state index in [4.69, 9.17) is 16.9 Å². The minimum atomic E-state index is -1.89. The summed E-state index contributed by atoms with van der Waals surface area (Å²) >= 11 is 0.758. The van der Waals surface area contributed by atoms with Crippen LogP contribution in [0.1, 0.15) is 166 Å². The predicted molar refractivity (Wildman–Crippen MR) is 503 cm³/mol. The number of aromatic amines is 3. The molecule has 6 heterocycles. The number of benzene rings is 3. The largest absolute Gasteiger partial charge is 0.508 e. The lowest BCUT2D eigenvalue weighted by molar-refractivity contribution is -0.150. The summed E-state index contributed by atoms with van der Waals surface area (Å²) in [6.07, 6.45) is 5.88. The quantitative estimate of drug-likeness (QED) is 0.0198. The number of hydrogen-bond donors (Lipinski definition) is 19. The number of carboxylic acids is 1. The van der Waals surface area contributed by atoms with Crippen LogP contribution in [0.2, 0.25) is 0 Å². The molecule has 0 radical (unpaired) electrons. The number of thioether (sulfide) groups is 1. The van der Waals surface area contributed by atoms with Gasteiger partial charge in [0.1, 0.15) is 78.3 Å². The molecule has 3 saturated heterocycles. The molecule has 15 atom stereocenters. The number of nitrogens with zero attached hydrogens (tertiary/aromatic N) is 6. The number of para-hydroxylation sites is 2. The number of imidazole rings is 1. The summed E-state index contributed by atoms with van der Waals surface area (Å²) in [5.41, 5.74) is 14.2. The molecule has 0 bridgehead atoms. The van der Waals surface area contributed by atoms with Crippen LogP contribution in [0.5, 0.6) is 5.75 Å². The van der Waals surface area contributed by atoms with Crippen LogP contribution in [-0.4, -0.2) is 310 Å². The van der Waals surface area contributed by atoms with Gasteiger partial charge in [0.25, 0.3) is 0 Å². The molecule has 42 nitrogen and oxygen atoms in total. The molecule has 21 N–H and O–H groups in total. The zero-order valence-corrected chi connectivity index (χ0v) is 79.0. The molecule has 0 aliphatic carbocycles. The first-order chi connectivity index (χ1) is 64.8. The van der Waals surface area contributed by atoms with Gasteiger partial charge in [-0.25, -0.2) is 4.98 Å². The zero-order chi connectivity index (χ0) is 99.3. The monoisotopic (exact) mass is 1910 g/mol. The number of nitrogens with one attached hydrogen (secondary N) is 14. The Kier molecular flexibility index (Phi) is 39.6. The summed E-state index contributed by atoms with van der Waals surface area (Å²) in [6.45, 7) is 8.31. The Balaban J connectivity index is 1.10. The fourth-order valence-corrected chi connectivity index (χ4v) is 18.2. The Labute approximate surface area is 792 Å². The number of carboxylic acid groups (broad SMARTS) is 1. The number of primary amides is 1. The van der Waals surface area contributed by atoms with E-state index in [2.05, 4.69) is 73.1 Å². The van der Waals surface area contributed by atoms with Crippen molar-refractivity contribution < 1.29 is 96.8 Å². The van der Waals surface area contributed by atoms with E-state index in [0.717, 1.165) is 26.5 Å². The van der Waals surface area contributed by atoms with Crippen molar-refractivity contribution in [2.75, 3.05) is 65.4 Å². The van der Waals surface area contributed by atoms with E-state index < -0.39 is 234 Å². The number of guanidine groups is 1. The number of amides is 15. The van der Waals surface area contributed by atoms with Gasteiger partial charge in [0, 0.05) is 118 Å². The maximum absolute atomic E-state index is 16.0. The molecular formula is C93H130N22O20S. The first-order valence-electron chi connectivity index (χ1n) is 46.1. The standard InChI is InChI=1S/C93H130N22O20S/c1-10-12-26-72-86(129)104-64(25-18-34-98-93(95)96)83(126)109-70(82(125)101-46-76(94)119)48-136-49-77(120)103-67(38-54-30-32-58(117)33-31-54)88(131)111(7)53(6)80(123)106-68(42-78(121)122)90(133)115-36-20-29-73(115)87(130)105-65(41-57-44-97-50-102-57)84(127)107-66(37-51(3)4)89(132)114-35-19-28-71(114)75(118)40-55(39-56-43-99-62-23-16-14-21-59(56)62)81(124)108-69(47-116)85(128)110-79(52(5)61-45-100-63-24-17-15-22-60(61)63)92(135)113(9)74(27-13-11-2)91(134)112(72)8/h14-17,21-24,30-33,43-45,50-53,55,64-74,79,99-100,116-117H,10-13,18-20,25-29,34-42,46-49H2,1-9H3,(H2,94,119)(H,97,102)(H,101,125)(H,103,120)(H,104,129)(H,105,130)(H,106,123)(H,107,127)(H,108,124)(H,109,126)(H,110,128)(H,121,122)(H4,95,96,98)/t52-,53-,55+,64-,65-,66-,67-,68-,69-,70-,71-,72-,73-,74-,79-/m0/s1. The highest BCUT2D eigenvalue weighted by Crippen LogP contribution is 2.33. The number of rotatable bonds is 26. The second kappa shape index (κ2) is 50.7. The van der Waals surface area contributed by atoms with Gasteiger partial charge in [0.15, 0.2) is 11.7 Å². The third-order valence-electron chi connectivity index (χ3n) is 25.0. The lowest BCUT2D eigenvalue weighted by Crippen LogP contribution is -2.61. The van der Waals surface area contributed by atoms with E-state index in [-0.39, 0.29) is 108 Å². The second-order valence-electron chi connectivity index (χ2n) is 35.4. The van der Waals surface area contributed by atoms with E-state index in [0.29, 0.717) is 70.6 Å². The summed E-state index contributed by atoms with van der Waals surface area (Å²) in [4.78, 5) is 270. The number of nitrogens with two attached hydrogens (primary N) is 2. The number of fused-ring (bicyclic) bond motifs is 4. The molecule has 0 saturated carbocycles. The van der Waals surface area contributed by atoms with Gasteiger partial charge in [0.2, 0.25) is 88.6 Å². The van der Waals surface area contributed by atoms with Crippen molar-refractivity contribution in [2.45, 2.75) is 242 Å². The van der Waals surface area contributed by atoms with Crippen LogP contribution in [0.25, 0.3) is 21.8 Å². The van der Waals surface area contributed by atoms with Crippen LogP contribution in [0.3, 0.4) is 0 Å². The highest BCUT2D eigenvalue weighted by atomic mass is 32.2. The van der Waals surface area contributed by atoms with Gasteiger partial charge in [-0.15, -0.1) is 11.8 Å². The minimum Gasteiger partial charge on any atom is -0.508 e. The van der Waals surface area contributed by atoms with Gasteiger partial charge >= 0.3 is 5.97 Å². The smallest absolute Gasteiger partial charge is 0.305 e. The molecule has 9 rings (SSSR count). The molecule has 0 unspecified atom stereocenters. The van der Waals surface area contributed by atoms with Crippen molar-refractivity contribution >= 4 is 140 Å². The number of Topliss-reactive ketones (excluding diaryl/α,β-unsaturated/α-hetero) is 1. The number of aromatic hydroxyl groups is 1. The molecule has 15 amide bonds. The summed E-state index contributed by atoms with van der Waals surface area (Å²) in [7, 11) is 3.93. The molecule has 136 heavy (non-hydrogen) atoms. The number of aliphatic hydroxyl groups is 1. The SMILES string of the molecule is CCCC[C@H]1C(=O)N(C)[C@@H](CCCC)C(=O)N[C@@H](CCCNC(=N)N)C(=O)N[C@H](C(=O)NCC(N)=O)CSCC(=O)N[C@@H](Cc2ccc(O)cc2)C(=O)N(C)[C@@H](C)C(=O)N[C@@H](CC(=O)O)C(=O)N2CCC[C@H]2C(=O)N[C@@H](Cc2c[nH]cn2)C(=O)N[C@@H](CC(C)C)C(=O)N2CCC[C@H]2C(=O)C[C@@H](Cc2c[nH]c3ccccc23)C(=O)N[C@@H](CO)C(=O)N[C@@H]([C@@H](C)c2c[nH]c3ccccc23)C(=O)N1C. The molecule has 738 valence electrons. The maximum Gasteiger partial charge on any atom is 0.305 e. The Morgan fingerprint density at radius 2 is 1.17 bits per heavy atom. The highest BCUT2D eigenvalue weighted by molar-refractivity contribution is 8.00. The molecule has 0 spiro atoms. The van der Waals surface area contributed by atoms with E-state index in [9.17, 15) is 58.5 Å². The van der Waals surface area contributed by atoms with Crippen molar-refractivity contribution in [3.8, 4) is 5.75 Å². The molecule has 3 aliphatic rings. The molecule has 3 aromatic carbocycles. The third-order valence-corrected chi connectivity index (χ3v) is 26.1. The van der Waals surface area contributed by atoms with Gasteiger partial charge in [0.05, 0.1) is 43.4 Å². The summed E-state index contributed by atoms with van der Waals surface area (Å²) in [6, 6.07) is 0.124. The number of H-pyrrole nitrogens is 3. The number of aliphatic hydroxyl groups excluding tert-OH is 1. The first-order valence-corrected chi connectivity index (χ1v) is 47.2. The number of carbonyl (C=O) groups excluding carboxylic acids is 16. The average molecular weight is 1910 g/mol. The molecule has 3 aliphatic heterocycles. The lowest BCUT2D eigenvalue weighted by Gasteiger charge is -2.37. The lowest BCUT2D eigenvalue weighted by atomic mass is 9.90. The third kappa shape index (κ3) is 29.0. The number of hydrogen-bond acceptors (Lipinski definition) is 22. The normalized spacial score (nSPS) is 24.4. The molecule has 3 fully saturated rings. The Morgan fingerprint density at radius 1 is 0.581 bits per heavy atom. The number of ketones is 1. The molecule has 6 aromatic rings. The molecular weight excluding hydrogens is 1780 g/mol. The van der Waals surface area contributed by atoms with Crippen molar-refractivity contribution in [2.24, 2.45) is 23.3 Å². The van der Waals surface area contributed by atoms with Crippen LogP contribution in [0.15, 0.2) is 97.7 Å². The van der Waals surface area contributed by atoms with E-state index in [1.165, 1.54) is 74.7 Å². The van der Waals surface area contributed by atoms with Crippen LogP contribution in [0, 0.1) is 17.2 Å². The molecule has 3 aromatic heterocycles. The number of phenols is 1. The second-order valence-corrected chi connectivity index (χ2v) is 36.5. The minimum absolute atomic E-state index is 0.000105. The van der Waals surface area contributed by atoms with Crippen LogP contribution < -0.4 is 64.6 Å². The predicted octanol–water partition coefficient (Wildman–Crippen LogP) is 0.351. The zero-order valence-electron chi connectivity index (χ0n) is 78.2. The van der Waals surface area contributed by atoms with Gasteiger partial charge in [-0.2, -0.15) is 0 Å². The van der Waals surface area contributed by atoms with Crippen LogP contribution in [0.4, 0.5) is 0 Å². The van der Waals surface area contributed by atoms with E-state index in [1.54, 1.807) is 69.6 Å². The van der Waals surface area contributed by atoms with E-state index >= 15 is 38.4 Å².